The summed E-state index contributed by atoms with van der Waals surface area (Å²) in [5.41, 5.74) is 0.930. The first-order valence-electron chi connectivity index (χ1n) is 5.20. The molecule has 7 heteroatoms. The average Bonchev–Trinajstić information content (AvgIpc) is 2.82. The zero-order valence-electron chi connectivity index (χ0n) is 9.57. The predicted octanol–water partition coefficient (Wildman–Crippen LogP) is 0.485. The van der Waals surface area contributed by atoms with E-state index >= 15 is 0 Å². The molecule has 0 radical (unpaired) electrons. The molecule has 2 amide bonds. The summed E-state index contributed by atoms with van der Waals surface area (Å²) in [7, 11) is 0. The molecular formula is C10H13N3O3S. The minimum absolute atomic E-state index is 0.0887. The SMILES string of the molecule is Cc1nc(C)c(CNC(=O)[C@@H]2COC(=O)N2)s1. The summed E-state index contributed by atoms with van der Waals surface area (Å²) in [5.74, 6) is -0.235. The molecule has 1 atom stereocenters. The first kappa shape index (κ1) is 11.8. The molecule has 0 bridgehead atoms. The van der Waals surface area contributed by atoms with Crippen molar-refractivity contribution in [1.29, 1.82) is 0 Å². The van der Waals surface area contributed by atoms with Gasteiger partial charge >= 0.3 is 6.09 Å². The quantitative estimate of drug-likeness (QED) is 0.823. The fraction of sp³-hybridized carbons (Fsp3) is 0.500. The number of carbonyl (C=O) groups is 2. The van der Waals surface area contributed by atoms with Crippen LogP contribution in [-0.4, -0.2) is 29.6 Å². The van der Waals surface area contributed by atoms with Crippen molar-refractivity contribution < 1.29 is 14.3 Å². The number of amides is 2. The molecule has 1 aliphatic rings. The summed E-state index contributed by atoms with van der Waals surface area (Å²) >= 11 is 1.56. The second-order valence-electron chi connectivity index (χ2n) is 3.75. The number of nitrogens with zero attached hydrogens (tertiary/aromatic N) is 1. The number of alkyl carbamates (subject to hydrolysis) is 1. The van der Waals surface area contributed by atoms with Gasteiger partial charge < -0.3 is 15.4 Å². The Hall–Kier alpha value is -1.63. The first-order valence-corrected chi connectivity index (χ1v) is 6.02. The van der Waals surface area contributed by atoms with Crippen molar-refractivity contribution in [2.45, 2.75) is 26.4 Å². The highest BCUT2D eigenvalue weighted by molar-refractivity contribution is 7.11. The van der Waals surface area contributed by atoms with E-state index in [1.807, 2.05) is 13.8 Å². The van der Waals surface area contributed by atoms with E-state index in [1.165, 1.54) is 0 Å². The normalized spacial score (nSPS) is 18.7. The molecule has 2 heterocycles. The van der Waals surface area contributed by atoms with Crippen LogP contribution >= 0.6 is 11.3 Å². The summed E-state index contributed by atoms with van der Waals surface area (Å²) in [5, 5.41) is 6.15. The molecule has 1 fully saturated rings. The molecule has 17 heavy (non-hydrogen) atoms. The molecule has 6 nitrogen and oxygen atoms in total. The fourth-order valence-electron chi connectivity index (χ4n) is 1.55. The van der Waals surface area contributed by atoms with Crippen LogP contribution in [-0.2, 0) is 16.1 Å². The third-order valence-corrected chi connectivity index (χ3v) is 3.49. The number of hydrogen-bond donors (Lipinski definition) is 2. The van der Waals surface area contributed by atoms with E-state index in [4.69, 9.17) is 0 Å². The lowest BCUT2D eigenvalue weighted by Gasteiger charge is -2.07. The molecule has 2 rings (SSSR count). The molecule has 1 aliphatic heterocycles. The van der Waals surface area contributed by atoms with E-state index in [2.05, 4.69) is 20.4 Å². The number of aryl methyl sites for hydroxylation is 2. The van der Waals surface area contributed by atoms with Crippen molar-refractivity contribution in [2.75, 3.05) is 6.61 Å². The summed E-state index contributed by atoms with van der Waals surface area (Å²) in [4.78, 5) is 27.7. The Morgan fingerprint density at radius 1 is 1.65 bits per heavy atom. The van der Waals surface area contributed by atoms with Gasteiger partial charge in [-0.1, -0.05) is 0 Å². The molecule has 0 spiro atoms. The molecular weight excluding hydrogens is 242 g/mol. The minimum Gasteiger partial charge on any atom is -0.447 e. The maximum absolute atomic E-state index is 11.7. The number of hydrogen-bond acceptors (Lipinski definition) is 5. The van der Waals surface area contributed by atoms with E-state index in [1.54, 1.807) is 11.3 Å². The van der Waals surface area contributed by atoms with Crippen LogP contribution in [0.25, 0.3) is 0 Å². The van der Waals surface area contributed by atoms with Crippen LogP contribution in [0.5, 0.6) is 0 Å². The zero-order chi connectivity index (χ0) is 12.4. The first-order chi connectivity index (χ1) is 8.06. The number of ether oxygens (including phenoxy) is 1. The standard InChI is InChI=1S/C10H13N3O3S/c1-5-8(17-6(2)12-5)3-11-9(14)7-4-16-10(15)13-7/h7H,3-4H2,1-2H3,(H,11,14)(H,13,15)/t7-/m0/s1. The number of cyclic esters (lactones) is 1. The van der Waals surface area contributed by atoms with E-state index in [-0.39, 0.29) is 12.5 Å². The second-order valence-corrected chi connectivity index (χ2v) is 5.04. The lowest BCUT2D eigenvalue weighted by molar-refractivity contribution is -0.122. The van der Waals surface area contributed by atoms with Crippen LogP contribution < -0.4 is 10.6 Å². The van der Waals surface area contributed by atoms with Gasteiger partial charge in [0.1, 0.15) is 12.6 Å². The topological polar surface area (TPSA) is 80.3 Å². The number of aromatic nitrogens is 1. The van der Waals surface area contributed by atoms with E-state index in [0.717, 1.165) is 15.6 Å². The van der Waals surface area contributed by atoms with Crippen molar-refractivity contribution in [3.63, 3.8) is 0 Å². The highest BCUT2D eigenvalue weighted by Gasteiger charge is 2.28. The third kappa shape index (κ3) is 2.73. The number of nitrogens with one attached hydrogen (secondary N) is 2. The van der Waals surface area contributed by atoms with Gasteiger partial charge in [0, 0.05) is 4.88 Å². The largest absolute Gasteiger partial charge is 0.447 e. The Labute approximate surface area is 102 Å². The van der Waals surface area contributed by atoms with Gasteiger partial charge in [0.25, 0.3) is 0 Å². The van der Waals surface area contributed by atoms with Gasteiger partial charge in [0.2, 0.25) is 5.91 Å². The van der Waals surface area contributed by atoms with Crippen molar-refractivity contribution in [2.24, 2.45) is 0 Å². The van der Waals surface area contributed by atoms with Crippen LogP contribution in [0.4, 0.5) is 4.79 Å². The van der Waals surface area contributed by atoms with Crippen LogP contribution in [0.1, 0.15) is 15.6 Å². The summed E-state index contributed by atoms with van der Waals surface area (Å²) in [6, 6.07) is -0.586. The Morgan fingerprint density at radius 3 is 2.94 bits per heavy atom. The molecule has 0 saturated carbocycles. The van der Waals surface area contributed by atoms with Crippen LogP contribution in [0.2, 0.25) is 0 Å². The highest BCUT2D eigenvalue weighted by Crippen LogP contribution is 2.16. The monoisotopic (exact) mass is 255 g/mol. The Morgan fingerprint density at radius 2 is 2.41 bits per heavy atom. The molecule has 1 aromatic rings. The van der Waals surface area contributed by atoms with Crippen molar-refractivity contribution in [1.82, 2.24) is 15.6 Å². The minimum atomic E-state index is -0.586. The fourth-order valence-corrected chi connectivity index (χ4v) is 2.43. The van der Waals surface area contributed by atoms with Crippen molar-refractivity contribution in [3.05, 3.63) is 15.6 Å². The van der Waals surface area contributed by atoms with Crippen LogP contribution in [0, 0.1) is 13.8 Å². The number of rotatable bonds is 3. The molecule has 92 valence electrons. The average molecular weight is 255 g/mol. The van der Waals surface area contributed by atoms with Crippen LogP contribution in [0.15, 0.2) is 0 Å². The summed E-state index contributed by atoms with van der Waals surface area (Å²) in [6.45, 7) is 4.35. The Bertz CT molecular complexity index is 458. The van der Waals surface area contributed by atoms with E-state index < -0.39 is 12.1 Å². The molecule has 2 N–H and O–H groups in total. The lowest BCUT2D eigenvalue weighted by Crippen LogP contribution is -2.42. The molecule has 1 aromatic heterocycles. The third-order valence-electron chi connectivity index (χ3n) is 2.41. The lowest BCUT2D eigenvalue weighted by atomic mass is 10.3. The summed E-state index contributed by atoms with van der Waals surface area (Å²) in [6.07, 6.45) is -0.546. The van der Waals surface area contributed by atoms with Crippen molar-refractivity contribution in [3.8, 4) is 0 Å². The second kappa shape index (κ2) is 4.70. The molecule has 0 aromatic carbocycles. The van der Waals surface area contributed by atoms with Gasteiger partial charge in [-0.2, -0.15) is 0 Å². The maximum Gasteiger partial charge on any atom is 0.407 e. The van der Waals surface area contributed by atoms with Gasteiger partial charge in [-0.25, -0.2) is 9.78 Å². The number of thiazole rings is 1. The molecule has 1 saturated heterocycles. The maximum atomic E-state index is 11.7. The Balaban J connectivity index is 1.88. The van der Waals surface area contributed by atoms with Gasteiger partial charge in [-0.15, -0.1) is 11.3 Å². The van der Waals surface area contributed by atoms with Crippen LogP contribution in [0.3, 0.4) is 0 Å². The predicted molar refractivity (Wildman–Crippen MR) is 61.7 cm³/mol. The Kier molecular flexibility index (Phi) is 3.28. The van der Waals surface area contributed by atoms with Gasteiger partial charge in [0.15, 0.2) is 0 Å². The highest BCUT2D eigenvalue weighted by atomic mass is 32.1. The summed E-state index contributed by atoms with van der Waals surface area (Å²) < 4.78 is 4.65. The molecule has 0 unspecified atom stereocenters. The zero-order valence-corrected chi connectivity index (χ0v) is 10.4. The molecule has 0 aliphatic carbocycles. The smallest absolute Gasteiger partial charge is 0.407 e. The van der Waals surface area contributed by atoms with E-state index in [0.29, 0.717) is 6.54 Å². The number of carbonyl (C=O) groups excluding carboxylic acids is 2. The van der Waals surface area contributed by atoms with Gasteiger partial charge in [-0.05, 0) is 13.8 Å². The van der Waals surface area contributed by atoms with Gasteiger partial charge in [0.05, 0.1) is 17.2 Å². The van der Waals surface area contributed by atoms with E-state index in [9.17, 15) is 9.59 Å². The van der Waals surface area contributed by atoms with Gasteiger partial charge in [-0.3, -0.25) is 4.79 Å². The van der Waals surface area contributed by atoms with Crippen molar-refractivity contribution >= 4 is 23.3 Å².